The molecule has 18 heavy (non-hydrogen) atoms. The molecule has 0 unspecified atom stereocenters. The van der Waals surface area contributed by atoms with Crippen molar-refractivity contribution in [3.8, 4) is 0 Å². The summed E-state index contributed by atoms with van der Waals surface area (Å²) in [6.07, 6.45) is 0. The largest absolute Gasteiger partial charge is 0.288 e. The third-order valence-corrected chi connectivity index (χ3v) is 4.60. The Morgan fingerprint density at radius 1 is 0.722 bits per heavy atom. The SMILES string of the molecule is O=C(/C(Br)=C(\Br)c1ccccc1)c1ccccc1. The van der Waals surface area contributed by atoms with Crippen LogP contribution >= 0.6 is 31.9 Å². The van der Waals surface area contributed by atoms with E-state index >= 15 is 0 Å². The molecule has 0 aliphatic heterocycles. The highest BCUT2D eigenvalue weighted by Gasteiger charge is 2.13. The van der Waals surface area contributed by atoms with Gasteiger partial charge in [-0.1, -0.05) is 60.7 Å². The fourth-order valence-corrected chi connectivity index (χ4v) is 2.43. The van der Waals surface area contributed by atoms with Crippen LogP contribution in [-0.2, 0) is 0 Å². The lowest BCUT2D eigenvalue weighted by molar-refractivity contribution is 0.104. The summed E-state index contributed by atoms with van der Waals surface area (Å²) in [6.45, 7) is 0. The first-order valence-corrected chi connectivity index (χ1v) is 6.99. The molecule has 0 aliphatic rings. The van der Waals surface area contributed by atoms with Crippen molar-refractivity contribution in [1.29, 1.82) is 0 Å². The molecule has 0 amide bonds. The van der Waals surface area contributed by atoms with E-state index in [-0.39, 0.29) is 5.78 Å². The van der Waals surface area contributed by atoms with E-state index < -0.39 is 0 Å². The molecule has 1 nitrogen and oxygen atoms in total. The van der Waals surface area contributed by atoms with Crippen LogP contribution in [0.2, 0.25) is 0 Å². The predicted molar refractivity (Wildman–Crippen MR) is 82.0 cm³/mol. The highest BCUT2D eigenvalue weighted by atomic mass is 79.9. The second-order valence-corrected chi connectivity index (χ2v) is 5.28. The smallest absolute Gasteiger partial charge is 0.201 e. The molecule has 0 radical (unpaired) electrons. The minimum Gasteiger partial charge on any atom is -0.288 e. The number of hydrogen-bond donors (Lipinski definition) is 0. The van der Waals surface area contributed by atoms with Gasteiger partial charge in [0.15, 0.2) is 0 Å². The van der Waals surface area contributed by atoms with Crippen LogP contribution in [0.1, 0.15) is 15.9 Å². The van der Waals surface area contributed by atoms with Crippen LogP contribution in [0, 0.1) is 0 Å². The Hall–Kier alpha value is -1.19. The molecule has 0 bridgehead atoms. The predicted octanol–water partition coefficient (Wildman–Crippen LogP) is 5.03. The highest BCUT2D eigenvalue weighted by Crippen LogP contribution is 2.30. The van der Waals surface area contributed by atoms with Crippen LogP contribution in [0.3, 0.4) is 0 Å². The van der Waals surface area contributed by atoms with Crippen molar-refractivity contribution in [2.75, 3.05) is 0 Å². The van der Waals surface area contributed by atoms with Crippen molar-refractivity contribution in [2.45, 2.75) is 0 Å². The average molecular weight is 366 g/mol. The number of ketones is 1. The number of halogens is 2. The quantitative estimate of drug-likeness (QED) is 0.550. The second-order valence-electron chi connectivity index (χ2n) is 3.69. The number of carbonyl (C=O) groups excluding carboxylic acids is 1. The Morgan fingerprint density at radius 2 is 1.17 bits per heavy atom. The standard InChI is InChI=1S/C15H10Br2O/c16-13(11-7-3-1-4-8-11)14(17)15(18)12-9-5-2-6-10-12/h1-10H/b14-13+. The number of hydrogen-bond acceptors (Lipinski definition) is 1. The van der Waals surface area contributed by atoms with E-state index in [2.05, 4.69) is 31.9 Å². The lowest BCUT2D eigenvalue weighted by Gasteiger charge is -2.04. The monoisotopic (exact) mass is 364 g/mol. The zero-order chi connectivity index (χ0) is 13.0. The maximum absolute atomic E-state index is 12.2. The van der Waals surface area contributed by atoms with E-state index in [0.29, 0.717) is 10.0 Å². The van der Waals surface area contributed by atoms with E-state index in [0.717, 1.165) is 10.0 Å². The molecule has 2 aromatic rings. The van der Waals surface area contributed by atoms with Gasteiger partial charge in [0.2, 0.25) is 5.78 Å². The summed E-state index contributed by atoms with van der Waals surface area (Å²) >= 11 is 6.83. The van der Waals surface area contributed by atoms with Gasteiger partial charge in [0.1, 0.15) is 0 Å². The summed E-state index contributed by atoms with van der Waals surface area (Å²) in [6, 6.07) is 18.9. The molecule has 0 N–H and O–H groups in total. The van der Waals surface area contributed by atoms with Gasteiger partial charge in [0.25, 0.3) is 0 Å². The minimum absolute atomic E-state index is 0.0358. The Labute approximate surface area is 123 Å². The number of allylic oxidation sites excluding steroid dienone is 1. The van der Waals surface area contributed by atoms with E-state index in [9.17, 15) is 4.79 Å². The van der Waals surface area contributed by atoms with Gasteiger partial charge in [0.05, 0.1) is 4.48 Å². The van der Waals surface area contributed by atoms with E-state index in [1.807, 2.05) is 48.5 Å². The molecular formula is C15H10Br2O. The van der Waals surface area contributed by atoms with Crippen molar-refractivity contribution in [2.24, 2.45) is 0 Å². The third kappa shape index (κ3) is 2.98. The summed E-state index contributed by atoms with van der Waals surface area (Å²) in [5.41, 5.74) is 1.63. The van der Waals surface area contributed by atoms with Gasteiger partial charge >= 0.3 is 0 Å². The molecule has 3 heteroatoms. The van der Waals surface area contributed by atoms with Crippen molar-refractivity contribution in [1.82, 2.24) is 0 Å². The molecule has 2 aromatic carbocycles. The molecule has 0 saturated carbocycles. The molecule has 0 spiro atoms. The van der Waals surface area contributed by atoms with Crippen LogP contribution in [-0.4, -0.2) is 5.78 Å². The minimum atomic E-state index is -0.0358. The fraction of sp³-hybridized carbons (Fsp3) is 0. The Morgan fingerprint density at radius 3 is 1.67 bits per heavy atom. The van der Waals surface area contributed by atoms with Crippen LogP contribution in [0.25, 0.3) is 4.48 Å². The van der Waals surface area contributed by atoms with Gasteiger partial charge in [-0.05, 0) is 37.4 Å². The summed E-state index contributed by atoms with van der Waals surface area (Å²) in [5, 5.41) is 0. The Bertz CT molecular complexity index is 574. The third-order valence-electron chi connectivity index (χ3n) is 2.46. The summed E-state index contributed by atoms with van der Waals surface area (Å²) in [7, 11) is 0. The second kappa shape index (κ2) is 6.12. The van der Waals surface area contributed by atoms with E-state index in [1.165, 1.54) is 0 Å². The number of carbonyl (C=O) groups is 1. The van der Waals surface area contributed by atoms with E-state index in [4.69, 9.17) is 0 Å². The lowest BCUT2D eigenvalue weighted by Crippen LogP contribution is -1.99. The topological polar surface area (TPSA) is 17.1 Å². The fourth-order valence-electron chi connectivity index (χ4n) is 1.53. The molecule has 0 heterocycles. The first-order valence-electron chi connectivity index (χ1n) is 5.40. The average Bonchev–Trinajstić information content (AvgIpc) is 2.47. The molecular weight excluding hydrogens is 356 g/mol. The van der Waals surface area contributed by atoms with Crippen LogP contribution in [0.5, 0.6) is 0 Å². The number of Topliss-reactive ketones (excluding diaryl/α,β-unsaturated/α-hetero) is 1. The first kappa shape index (κ1) is 13.2. The maximum Gasteiger partial charge on any atom is 0.201 e. The van der Waals surface area contributed by atoms with Crippen LogP contribution in [0.4, 0.5) is 0 Å². The molecule has 90 valence electrons. The van der Waals surface area contributed by atoms with Gasteiger partial charge in [-0.25, -0.2) is 0 Å². The Balaban J connectivity index is 2.37. The molecule has 0 atom stereocenters. The van der Waals surface area contributed by atoms with E-state index in [1.54, 1.807) is 12.1 Å². The van der Waals surface area contributed by atoms with Gasteiger partial charge in [0, 0.05) is 10.0 Å². The molecule has 0 fully saturated rings. The molecule has 0 aromatic heterocycles. The van der Waals surface area contributed by atoms with Crippen molar-refractivity contribution < 1.29 is 4.79 Å². The molecule has 0 aliphatic carbocycles. The zero-order valence-electron chi connectivity index (χ0n) is 9.44. The highest BCUT2D eigenvalue weighted by molar-refractivity contribution is 9.16. The lowest BCUT2D eigenvalue weighted by atomic mass is 10.1. The van der Waals surface area contributed by atoms with Gasteiger partial charge in [-0.3, -0.25) is 4.79 Å². The van der Waals surface area contributed by atoms with Crippen LogP contribution in [0.15, 0.2) is 65.1 Å². The number of benzene rings is 2. The summed E-state index contributed by atoms with van der Waals surface area (Å²) in [4.78, 5) is 12.2. The molecule has 0 saturated heterocycles. The Kier molecular flexibility index (Phi) is 4.50. The van der Waals surface area contributed by atoms with Gasteiger partial charge in [-0.2, -0.15) is 0 Å². The van der Waals surface area contributed by atoms with Crippen molar-refractivity contribution in [3.05, 3.63) is 76.3 Å². The van der Waals surface area contributed by atoms with Gasteiger partial charge in [-0.15, -0.1) is 0 Å². The van der Waals surface area contributed by atoms with Gasteiger partial charge < -0.3 is 0 Å². The molecule has 2 rings (SSSR count). The van der Waals surface area contributed by atoms with Crippen molar-refractivity contribution >= 4 is 42.1 Å². The normalized spacial score (nSPS) is 11.9. The maximum atomic E-state index is 12.2. The van der Waals surface area contributed by atoms with Crippen molar-refractivity contribution in [3.63, 3.8) is 0 Å². The summed E-state index contributed by atoms with van der Waals surface area (Å²) < 4.78 is 1.29. The zero-order valence-corrected chi connectivity index (χ0v) is 12.6. The first-order chi connectivity index (χ1) is 8.70. The summed E-state index contributed by atoms with van der Waals surface area (Å²) in [5.74, 6) is -0.0358. The number of rotatable bonds is 3. The van der Waals surface area contributed by atoms with Crippen LogP contribution < -0.4 is 0 Å².